The van der Waals surface area contributed by atoms with Gasteiger partial charge in [0.1, 0.15) is 4.32 Å². The van der Waals surface area contributed by atoms with Gasteiger partial charge in [0.05, 0.1) is 10.4 Å². The third kappa shape index (κ3) is 4.37. The van der Waals surface area contributed by atoms with E-state index in [4.69, 9.17) is 12.2 Å². The van der Waals surface area contributed by atoms with Gasteiger partial charge in [-0.2, -0.15) is 0 Å². The average molecular weight is 439 g/mol. The highest BCUT2D eigenvalue weighted by molar-refractivity contribution is 8.22. The van der Waals surface area contributed by atoms with Gasteiger partial charge in [0, 0.05) is 23.0 Å². The molecule has 146 valence electrons. The van der Waals surface area contributed by atoms with Crippen LogP contribution in [0.3, 0.4) is 0 Å². The van der Waals surface area contributed by atoms with Crippen LogP contribution in [-0.4, -0.2) is 16.7 Å². The number of rotatable bonds is 5. The lowest BCUT2D eigenvalue weighted by Gasteiger charge is -2.10. The molecule has 4 aromatic rings. The first-order chi connectivity index (χ1) is 14.0. The van der Waals surface area contributed by atoms with Crippen LogP contribution in [-0.2, 0) is 15.8 Å². The lowest BCUT2D eigenvalue weighted by molar-refractivity contribution is 0.589. The molecule has 0 aliphatic rings. The molecule has 0 unspecified atom stereocenters. The summed E-state index contributed by atoms with van der Waals surface area (Å²) in [7, 11) is -3.63. The molecule has 0 radical (unpaired) electrons. The third-order valence-electron chi connectivity index (χ3n) is 4.41. The first-order valence-electron chi connectivity index (χ1n) is 8.93. The normalized spacial score (nSPS) is 11.4. The fraction of sp³-hybridized carbons (Fsp3) is 0.0455. The summed E-state index contributed by atoms with van der Waals surface area (Å²) < 4.78 is 27.8. The van der Waals surface area contributed by atoms with E-state index in [0.717, 1.165) is 16.8 Å². The second kappa shape index (κ2) is 8.41. The second-order valence-corrected chi connectivity index (χ2v) is 9.86. The van der Waals surface area contributed by atoms with Crippen LogP contribution in [0.25, 0.3) is 10.9 Å². The van der Waals surface area contributed by atoms with Gasteiger partial charge in [-0.15, -0.1) is 0 Å². The molecule has 0 saturated heterocycles. The number of hydrogen-bond donors (Lipinski definition) is 1. The number of hydrogen-bond acceptors (Lipinski definition) is 4. The minimum absolute atomic E-state index is 0.262. The molecular formula is C22H18N2O2S3. The number of thioether (sulfide) groups is 1. The Balaban J connectivity index is 1.52. The maximum atomic E-state index is 12.9. The number of aromatic nitrogens is 1. The highest BCUT2D eigenvalue weighted by Crippen LogP contribution is 2.26. The van der Waals surface area contributed by atoms with Crippen molar-refractivity contribution in [1.82, 2.24) is 3.97 Å². The fourth-order valence-electron chi connectivity index (χ4n) is 2.99. The highest BCUT2D eigenvalue weighted by Gasteiger charge is 2.18. The summed E-state index contributed by atoms with van der Waals surface area (Å²) in [5.74, 6) is 0.792. The Morgan fingerprint density at radius 3 is 2.34 bits per heavy atom. The molecule has 1 aromatic heterocycles. The number of nitrogens with zero attached hydrogens (tertiary/aromatic N) is 1. The van der Waals surface area contributed by atoms with Gasteiger partial charge in [-0.05, 0) is 42.0 Å². The van der Waals surface area contributed by atoms with Gasteiger partial charge in [-0.25, -0.2) is 12.4 Å². The molecule has 0 spiro atoms. The van der Waals surface area contributed by atoms with E-state index < -0.39 is 10.0 Å². The van der Waals surface area contributed by atoms with E-state index in [9.17, 15) is 8.42 Å². The monoisotopic (exact) mass is 438 g/mol. The predicted octanol–water partition coefficient (Wildman–Crippen LogP) is 5.51. The van der Waals surface area contributed by atoms with Gasteiger partial charge in [0.25, 0.3) is 10.0 Å². The predicted molar refractivity (Wildman–Crippen MR) is 125 cm³/mol. The molecular weight excluding hydrogens is 420 g/mol. The summed E-state index contributed by atoms with van der Waals surface area (Å²) in [4.78, 5) is 0.262. The third-order valence-corrected chi connectivity index (χ3v) is 7.42. The molecule has 0 aliphatic heterocycles. The Kier molecular flexibility index (Phi) is 5.71. The summed E-state index contributed by atoms with van der Waals surface area (Å²) in [6, 6.07) is 25.9. The lowest BCUT2D eigenvalue weighted by atomic mass is 10.2. The van der Waals surface area contributed by atoms with Gasteiger partial charge >= 0.3 is 0 Å². The molecule has 4 nitrogen and oxygen atoms in total. The maximum Gasteiger partial charge on any atom is 0.268 e. The molecule has 0 bridgehead atoms. The molecule has 7 heteroatoms. The average Bonchev–Trinajstić information content (AvgIpc) is 3.18. The largest absolute Gasteiger partial charge is 0.341 e. The Bertz CT molecular complexity index is 1250. The van der Waals surface area contributed by atoms with Crippen LogP contribution < -0.4 is 5.32 Å². The van der Waals surface area contributed by atoms with Gasteiger partial charge < -0.3 is 5.32 Å². The van der Waals surface area contributed by atoms with Crippen molar-refractivity contribution >= 4 is 54.9 Å². The minimum Gasteiger partial charge on any atom is -0.341 e. The Morgan fingerprint density at radius 2 is 1.62 bits per heavy atom. The van der Waals surface area contributed by atoms with Crippen molar-refractivity contribution in [2.45, 2.75) is 10.6 Å². The van der Waals surface area contributed by atoms with Gasteiger partial charge in [-0.3, -0.25) is 0 Å². The quantitative estimate of drug-likeness (QED) is 0.417. The van der Waals surface area contributed by atoms with Gasteiger partial charge in [0.15, 0.2) is 0 Å². The summed E-state index contributed by atoms with van der Waals surface area (Å²) in [5.41, 5.74) is 2.67. The highest BCUT2D eigenvalue weighted by atomic mass is 32.2. The molecule has 4 rings (SSSR count). The molecule has 0 fully saturated rings. The molecule has 0 atom stereocenters. The summed E-state index contributed by atoms with van der Waals surface area (Å²) in [6.07, 6.45) is 1.58. The van der Waals surface area contributed by atoms with Crippen LogP contribution in [0.15, 0.2) is 96.0 Å². The molecule has 1 heterocycles. The number of thiocarbonyl (C=S) groups is 1. The fourth-order valence-corrected chi connectivity index (χ4v) is 5.34. The molecule has 0 saturated carbocycles. The molecule has 3 aromatic carbocycles. The lowest BCUT2D eigenvalue weighted by Crippen LogP contribution is -2.11. The van der Waals surface area contributed by atoms with E-state index in [1.165, 1.54) is 9.54 Å². The van der Waals surface area contributed by atoms with E-state index in [-0.39, 0.29) is 4.90 Å². The standard InChI is InChI=1S/C22H18N2O2S3/c25-29(26,20-9-5-2-6-10-20)24-14-13-18-15-19(11-12-21(18)24)23-22(27)28-16-17-7-3-1-4-8-17/h1-15H,16H2,(H,23,27). The zero-order valence-corrected chi connectivity index (χ0v) is 17.8. The smallest absolute Gasteiger partial charge is 0.268 e. The van der Waals surface area contributed by atoms with Crippen molar-refractivity contribution in [2.24, 2.45) is 0 Å². The van der Waals surface area contributed by atoms with Crippen molar-refractivity contribution in [3.05, 3.63) is 96.7 Å². The number of fused-ring (bicyclic) bond motifs is 1. The zero-order chi connectivity index (χ0) is 20.3. The summed E-state index contributed by atoms with van der Waals surface area (Å²) in [6.45, 7) is 0. The van der Waals surface area contributed by atoms with Crippen LogP contribution in [0.1, 0.15) is 5.56 Å². The molecule has 0 aliphatic carbocycles. The molecule has 29 heavy (non-hydrogen) atoms. The Morgan fingerprint density at radius 1 is 0.931 bits per heavy atom. The number of nitrogens with one attached hydrogen (secondary N) is 1. The van der Waals surface area contributed by atoms with E-state index in [2.05, 4.69) is 17.4 Å². The Hall–Kier alpha value is -2.61. The van der Waals surface area contributed by atoms with Crippen molar-refractivity contribution in [3.8, 4) is 0 Å². The van der Waals surface area contributed by atoms with Crippen LogP contribution in [0, 0.1) is 0 Å². The van der Waals surface area contributed by atoms with Crippen molar-refractivity contribution in [1.29, 1.82) is 0 Å². The SMILES string of the molecule is O=S(=O)(c1ccccc1)n1ccc2cc(NC(=S)SCc3ccccc3)ccc21. The molecule has 0 amide bonds. The van der Waals surface area contributed by atoms with E-state index in [1.54, 1.807) is 60.4 Å². The van der Waals surface area contributed by atoms with Gasteiger partial charge in [-0.1, -0.05) is 72.5 Å². The summed E-state index contributed by atoms with van der Waals surface area (Å²) in [5, 5.41) is 4.04. The second-order valence-electron chi connectivity index (χ2n) is 6.39. The summed E-state index contributed by atoms with van der Waals surface area (Å²) >= 11 is 6.99. The maximum absolute atomic E-state index is 12.9. The van der Waals surface area contributed by atoms with Crippen LogP contribution in [0.4, 0.5) is 5.69 Å². The Labute approximate surface area is 179 Å². The van der Waals surface area contributed by atoms with Crippen LogP contribution in [0.5, 0.6) is 0 Å². The van der Waals surface area contributed by atoms with E-state index in [1.807, 2.05) is 30.3 Å². The zero-order valence-electron chi connectivity index (χ0n) is 15.4. The van der Waals surface area contributed by atoms with Crippen LogP contribution in [0.2, 0.25) is 0 Å². The van der Waals surface area contributed by atoms with Crippen LogP contribution >= 0.6 is 24.0 Å². The number of anilines is 1. The first-order valence-corrected chi connectivity index (χ1v) is 11.8. The topological polar surface area (TPSA) is 51.1 Å². The van der Waals surface area contributed by atoms with Crippen molar-refractivity contribution in [2.75, 3.05) is 5.32 Å². The first kappa shape index (κ1) is 19.7. The molecule has 1 N–H and O–H groups in total. The minimum atomic E-state index is -3.63. The number of benzene rings is 3. The van der Waals surface area contributed by atoms with Gasteiger partial charge in [0.2, 0.25) is 0 Å². The van der Waals surface area contributed by atoms with E-state index >= 15 is 0 Å². The van der Waals surface area contributed by atoms with Crippen molar-refractivity contribution < 1.29 is 8.42 Å². The van der Waals surface area contributed by atoms with Crippen molar-refractivity contribution in [3.63, 3.8) is 0 Å². The van der Waals surface area contributed by atoms with E-state index in [0.29, 0.717) is 9.84 Å².